The summed E-state index contributed by atoms with van der Waals surface area (Å²) in [5.74, 6) is 0.505. The van der Waals surface area contributed by atoms with Crippen molar-refractivity contribution in [2.75, 3.05) is 25.4 Å². The molecule has 4 rings (SSSR count). The molecule has 3 aromatic heterocycles. The first-order chi connectivity index (χ1) is 13.2. The first-order valence-corrected chi connectivity index (χ1v) is 10.2. The number of nitrogens with zero attached hydrogens (tertiary/aromatic N) is 4. The molecule has 0 fully saturated rings. The standard InChI is InChI=1S/C20H24N6S/c1-3-26(4-2)11-5-6-17-24-18-19(27-17)14-8-7-13(15-9-10-22-25-15)12-16(14)23-20(18)21/h7-10,12H,3-6,11H2,1-2H3,(H2,21,23)(H,22,25). The molecule has 6 nitrogen and oxygen atoms in total. The zero-order valence-electron chi connectivity index (χ0n) is 15.7. The molecule has 0 unspecified atom stereocenters. The van der Waals surface area contributed by atoms with Crippen LogP contribution in [0.1, 0.15) is 25.3 Å². The van der Waals surface area contributed by atoms with Crippen LogP contribution in [0.3, 0.4) is 0 Å². The second-order valence-electron chi connectivity index (χ2n) is 6.62. The number of fused-ring (bicyclic) bond motifs is 3. The highest BCUT2D eigenvalue weighted by Crippen LogP contribution is 2.34. The molecular formula is C20H24N6S. The number of H-pyrrole nitrogens is 1. The zero-order valence-corrected chi connectivity index (χ0v) is 16.5. The van der Waals surface area contributed by atoms with Crippen molar-refractivity contribution in [2.24, 2.45) is 0 Å². The van der Waals surface area contributed by atoms with Crippen LogP contribution in [0.4, 0.5) is 5.82 Å². The van der Waals surface area contributed by atoms with Crippen molar-refractivity contribution < 1.29 is 0 Å². The van der Waals surface area contributed by atoms with E-state index >= 15 is 0 Å². The number of aryl methyl sites for hydroxylation is 1. The number of hydrogen-bond acceptors (Lipinski definition) is 6. The van der Waals surface area contributed by atoms with Gasteiger partial charge in [-0.25, -0.2) is 9.97 Å². The molecule has 27 heavy (non-hydrogen) atoms. The maximum atomic E-state index is 6.23. The van der Waals surface area contributed by atoms with E-state index < -0.39 is 0 Å². The molecule has 0 saturated heterocycles. The van der Waals surface area contributed by atoms with Gasteiger partial charge in [-0.05, 0) is 38.2 Å². The van der Waals surface area contributed by atoms with Gasteiger partial charge in [0.05, 0.1) is 20.9 Å². The molecule has 7 heteroatoms. The molecule has 0 aliphatic rings. The lowest BCUT2D eigenvalue weighted by Crippen LogP contribution is -2.24. The number of nitrogen functional groups attached to an aromatic ring is 1. The fraction of sp³-hybridized carbons (Fsp3) is 0.350. The third kappa shape index (κ3) is 3.52. The van der Waals surface area contributed by atoms with E-state index in [4.69, 9.17) is 10.7 Å². The topological polar surface area (TPSA) is 83.7 Å². The number of nitrogens with two attached hydrogens (primary N) is 1. The Hall–Kier alpha value is -2.51. The van der Waals surface area contributed by atoms with E-state index in [2.05, 4.69) is 52.1 Å². The molecule has 3 N–H and O–H groups in total. The highest BCUT2D eigenvalue weighted by Gasteiger charge is 2.13. The van der Waals surface area contributed by atoms with Crippen molar-refractivity contribution in [1.82, 2.24) is 25.1 Å². The van der Waals surface area contributed by atoms with Gasteiger partial charge in [-0.15, -0.1) is 11.3 Å². The van der Waals surface area contributed by atoms with Gasteiger partial charge in [-0.1, -0.05) is 26.0 Å². The third-order valence-corrected chi connectivity index (χ3v) is 6.12. The SMILES string of the molecule is CCN(CC)CCCc1nc2c(N)nc3cc(-c4ccn[nH]4)ccc3c2s1. The predicted molar refractivity (Wildman–Crippen MR) is 113 cm³/mol. The maximum absolute atomic E-state index is 6.23. The number of nitrogens with one attached hydrogen (secondary N) is 1. The summed E-state index contributed by atoms with van der Waals surface area (Å²) in [6, 6.07) is 8.20. The molecule has 0 amide bonds. The number of rotatable bonds is 7. The Kier molecular flexibility index (Phi) is 5.05. The molecule has 0 bridgehead atoms. The van der Waals surface area contributed by atoms with Crippen LogP contribution < -0.4 is 5.73 Å². The molecule has 0 aliphatic carbocycles. The summed E-state index contributed by atoms with van der Waals surface area (Å²) >= 11 is 1.74. The number of hydrogen-bond donors (Lipinski definition) is 2. The zero-order chi connectivity index (χ0) is 18.8. The molecule has 0 saturated carbocycles. The van der Waals surface area contributed by atoms with Crippen LogP contribution in [0.5, 0.6) is 0 Å². The van der Waals surface area contributed by atoms with E-state index in [0.29, 0.717) is 5.82 Å². The molecule has 4 aromatic rings. The highest BCUT2D eigenvalue weighted by atomic mass is 32.1. The molecule has 3 heterocycles. The van der Waals surface area contributed by atoms with Crippen molar-refractivity contribution in [2.45, 2.75) is 26.7 Å². The van der Waals surface area contributed by atoms with Crippen LogP contribution >= 0.6 is 11.3 Å². The molecular weight excluding hydrogens is 356 g/mol. The van der Waals surface area contributed by atoms with Crippen LogP contribution in [0.15, 0.2) is 30.5 Å². The minimum atomic E-state index is 0.505. The molecule has 0 atom stereocenters. The Balaban J connectivity index is 1.66. The molecule has 0 spiro atoms. The van der Waals surface area contributed by atoms with Gasteiger partial charge in [0.2, 0.25) is 0 Å². The van der Waals surface area contributed by atoms with Crippen LogP contribution in [-0.4, -0.2) is 44.7 Å². The summed E-state index contributed by atoms with van der Waals surface area (Å²) in [5, 5.41) is 9.26. The summed E-state index contributed by atoms with van der Waals surface area (Å²) < 4.78 is 1.13. The lowest BCUT2D eigenvalue weighted by molar-refractivity contribution is 0.300. The lowest BCUT2D eigenvalue weighted by Gasteiger charge is -2.16. The smallest absolute Gasteiger partial charge is 0.151 e. The van der Waals surface area contributed by atoms with E-state index in [1.807, 2.05) is 6.07 Å². The monoisotopic (exact) mass is 380 g/mol. The van der Waals surface area contributed by atoms with Gasteiger partial charge < -0.3 is 10.6 Å². The quantitative estimate of drug-likeness (QED) is 0.504. The van der Waals surface area contributed by atoms with Gasteiger partial charge in [0.1, 0.15) is 5.52 Å². The number of pyridine rings is 1. The first kappa shape index (κ1) is 17.9. The van der Waals surface area contributed by atoms with Crippen molar-refractivity contribution in [1.29, 1.82) is 0 Å². The number of benzene rings is 1. The Bertz CT molecular complexity index is 1050. The lowest BCUT2D eigenvalue weighted by atomic mass is 10.1. The van der Waals surface area contributed by atoms with Crippen molar-refractivity contribution in [3.8, 4) is 11.3 Å². The number of aromatic amines is 1. The fourth-order valence-corrected chi connectivity index (χ4v) is 4.55. The van der Waals surface area contributed by atoms with E-state index in [-0.39, 0.29) is 0 Å². The predicted octanol–water partition coefficient (Wildman–Crippen LogP) is 4.09. The molecule has 140 valence electrons. The Morgan fingerprint density at radius 2 is 2.00 bits per heavy atom. The largest absolute Gasteiger partial charge is 0.382 e. The Labute approximate surface area is 162 Å². The van der Waals surface area contributed by atoms with Gasteiger partial charge in [-0.3, -0.25) is 5.10 Å². The summed E-state index contributed by atoms with van der Waals surface area (Å²) in [6.45, 7) is 7.70. The molecule has 1 aromatic carbocycles. The van der Waals surface area contributed by atoms with Gasteiger partial charge in [0, 0.05) is 23.6 Å². The van der Waals surface area contributed by atoms with Gasteiger partial charge in [0.25, 0.3) is 0 Å². The average molecular weight is 381 g/mol. The third-order valence-electron chi connectivity index (χ3n) is 4.97. The van der Waals surface area contributed by atoms with Crippen molar-refractivity contribution in [3.63, 3.8) is 0 Å². The fourth-order valence-electron chi connectivity index (χ4n) is 3.40. The molecule has 0 aliphatic heterocycles. The number of thiazole rings is 1. The normalized spacial score (nSPS) is 11.8. The second-order valence-corrected chi connectivity index (χ2v) is 7.70. The maximum Gasteiger partial charge on any atom is 0.151 e. The average Bonchev–Trinajstić information content (AvgIpc) is 3.35. The van der Waals surface area contributed by atoms with E-state index in [1.165, 1.54) is 0 Å². The Morgan fingerprint density at radius 3 is 2.74 bits per heavy atom. The van der Waals surface area contributed by atoms with E-state index in [1.54, 1.807) is 17.5 Å². The van der Waals surface area contributed by atoms with Gasteiger partial charge in [-0.2, -0.15) is 5.10 Å². The van der Waals surface area contributed by atoms with E-state index in [0.717, 1.165) is 69.9 Å². The first-order valence-electron chi connectivity index (χ1n) is 9.40. The van der Waals surface area contributed by atoms with Crippen LogP contribution in [0, 0.1) is 0 Å². The van der Waals surface area contributed by atoms with Crippen molar-refractivity contribution >= 4 is 38.3 Å². The minimum absolute atomic E-state index is 0.505. The number of aromatic nitrogens is 4. The van der Waals surface area contributed by atoms with Gasteiger partial charge in [0.15, 0.2) is 5.82 Å². The summed E-state index contributed by atoms with van der Waals surface area (Å²) in [4.78, 5) is 11.8. The van der Waals surface area contributed by atoms with Crippen LogP contribution in [-0.2, 0) is 6.42 Å². The molecule has 0 radical (unpaired) electrons. The minimum Gasteiger partial charge on any atom is -0.382 e. The van der Waals surface area contributed by atoms with Crippen LogP contribution in [0.25, 0.3) is 32.4 Å². The second kappa shape index (κ2) is 7.62. The summed E-state index contributed by atoms with van der Waals surface area (Å²) in [7, 11) is 0. The van der Waals surface area contributed by atoms with Crippen LogP contribution in [0.2, 0.25) is 0 Å². The highest BCUT2D eigenvalue weighted by molar-refractivity contribution is 7.19. The summed E-state index contributed by atoms with van der Waals surface area (Å²) in [6.07, 6.45) is 3.83. The van der Waals surface area contributed by atoms with Crippen molar-refractivity contribution in [3.05, 3.63) is 35.5 Å². The van der Waals surface area contributed by atoms with E-state index in [9.17, 15) is 0 Å². The Morgan fingerprint density at radius 1 is 1.15 bits per heavy atom. The number of anilines is 1. The van der Waals surface area contributed by atoms with Gasteiger partial charge >= 0.3 is 0 Å². The summed E-state index contributed by atoms with van der Waals surface area (Å²) in [5.41, 5.74) is 9.98.